The van der Waals surface area contributed by atoms with E-state index in [2.05, 4.69) is 10.5 Å². The predicted octanol–water partition coefficient (Wildman–Crippen LogP) is 3.98. The summed E-state index contributed by atoms with van der Waals surface area (Å²) in [6.07, 6.45) is 1.75. The molecular weight excluding hydrogens is 394 g/mol. The van der Waals surface area contributed by atoms with Crippen molar-refractivity contribution >= 4 is 11.6 Å². The maximum Gasteiger partial charge on any atom is 0.273 e. The lowest BCUT2D eigenvalue weighted by molar-refractivity contribution is -0.384. The summed E-state index contributed by atoms with van der Waals surface area (Å²) in [5.41, 5.74) is -0.0311. The van der Waals surface area contributed by atoms with Crippen molar-refractivity contribution in [1.29, 1.82) is 0 Å². The average molecular weight is 413 g/mol. The van der Waals surface area contributed by atoms with Crippen LogP contribution < -0.4 is 10.1 Å². The van der Waals surface area contributed by atoms with E-state index in [1.807, 2.05) is 6.92 Å². The standard InChI is InChI=1S/C20H19N3O7/c1-2-3-8-21-20(26)15-11-18(30-22-15)19-16(25)9-13(24)10-17(19)29-14-6-4-12(5-7-14)23(27)28/h4-7,9-11,24-25H,2-3,8H2,1H3,(H,21,26). The molecule has 1 aromatic heterocycles. The van der Waals surface area contributed by atoms with Gasteiger partial charge in [-0.15, -0.1) is 0 Å². The molecule has 0 unspecified atom stereocenters. The molecule has 0 spiro atoms. The summed E-state index contributed by atoms with van der Waals surface area (Å²) in [6.45, 7) is 2.50. The Hall–Kier alpha value is -4.08. The number of ether oxygens (including phenoxy) is 1. The lowest BCUT2D eigenvalue weighted by Gasteiger charge is -2.11. The van der Waals surface area contributed by atoms with Gasteiger partial charge in [0, 0.05) is 36.9 Å². The molecule has 0 aliphatic rings. The van der Waals surface area contributed by atoms with Crippen LogP contribution in [0.15, 0.2) is 47.0 Å². The molecule has 2 aromatic carbocycles. The highest BCUT2D eigenvalue weighted by Gasteiger charge is 2.21. The number of nitro benzene ring substituents is 1. The molecule has 1 heterocycles. The maximum atomic E-state index is 12.1. The Morgan fingerprint density at radius 3 is 2.63 bits per heavy atom. The minimum Gasteiger partial charge on any atom is -0.508 e. The third-order valence-corrected chi connectivity index (χ3v) is 4.15. The molecule has 3 N–H and O–H groups in total. The molecule has 0 fully saturated rings. The second-order valence-corrected chi connectivity index (χ2v) is 6.38. The van der Waals surface area contributed by atoms with Gasteiger partial charge in [0.05, 0.1) is 4.92 Å². The largest absolute Gasteiger partial charge is 0.508 e. The Bertz CT molecular complexity index is 1060. The molecule has 0 bridgehead atoms. The molecule has 3 aromatic rings. The van der Waals surface area contributed by atoms with Gasteiger partial charge in [-0.3, -0.25) is 14.9 Å². The first-order valence-electron chi connectivity index (χ1n) is 9.12. The number of hydrogen-bond donors (Lipinski definition) is 3. The molecule has 0 saturated heterocycles. The minimum absolute atomic E-state index is 0.00967. The lowest BCUT2D eigenvalue weighted by atomic mass is 10.1. The van der Waals surface area contributed by atoms with Gasteiger partial charge in [-0.05, 0) is 18.6 Å². The van der Waals surface area contributed by atoms with Crippen LogP contribution in [-0.4, -0.2) is 32.7 Å². The van der Waals surface area contributed by atoms with E-state index in [1.165, 1.54) is 36.4 Å². The Morgan fingerprint density at radius 1 is 1.23 bits per heavy atom. The molecule has 10 heteroatoms. The van der Waals surface area contributed by atoms with Gasteiger partial charge in [0.1, 0.15) is 28.6 Å². The van der Waals surface area contributed by atoms with Crippen LogP contribution >= 0.6 is 0 Å². The van der Waals surface area contributed by atoms with E-state index < -0.39 is 10.8 Å². The summed E-state index contributed by atoms with van der Waals surface area (Å²) in [5, 5.41) is 37.4. The number of aromatic hydroxyl groups is 2. The molecule has 3 rings (SSSR count). The number of hydrogen-bond acceptors (Lipinski definition) is 8. The van der Waals surface area contributed by atoms with Crippen LogP contribution in [0.1, 0.15) is 30.3 Å². The van der Waals surface area contributed by atoms with Gasteiger partial charge in [-0.25, -0.2) is 0 Å². The maximum absolute atomic E-state index is 12.1. The van der Waals surface area contributed by atoms with E-state index in [4.69, 9.17) is 9.26 Å². The van der Waals surface area contributed by atoms with Crippen molar-refractivity contribution in [1.82, 2.24) is 10.5 Å². The van der Waals surface area contributed by atoms with Crippen LogP contribution in [0.2, 0.25) is 0 Å². The third-order valence-electron chi connectivity index (χ3n) is 4.15. The molecule has 10 nitrogen and oxygen atoms in total. The van der Waals surface area contributed by atoms with Crippen LogP contribution in [0, 0.1) is 10.1 Å². The first-order chi connectivity index (χ1) is 14.4. The molecule has 0 saturated carbocycles. The number of carbonyl (C=O) groups excluding carboxylic acids is 1. The zero-order valence-corrected chi connectivity index (χ0v) is 16.0. The quantitative estimate of drug-likeness (QED) is 0.285. The first-order valence-corrected chi connectivity index (χ1v) is 9.12. The van der Waals surface area contributed by atoms with Gasteiger partial charge in [0.25, 0.3) is 11.6 Å². The van der Waals surface area contributed by atoms with Gasteiger partial charge >= 0.3 is 0 Å². The highest BCUT2D eigenvalue weighted by molar-refractivity contribution is 5.93. The summed E-state index contributed by atoms with van der Waals surface area (Å²) in [6, 6.07) is 8.92. The monoisotopic (exact) mass is 413 g/mol. The number of nitrogens with zero attached hydrogens (tertiary/aromatic N) is 2. The number of amides is 1. The van der Waals surface area contributed by atoms with E-state index in [0.29, 0.717) is 6.54 Å². The van der Waals surface area contributed by atoms with Crippen molar-refractivity contribution in [3.63, 3.8) is 0 Å². The number of nitro groups is 1. The van der Waals surface area contributed by atoms with Crippen molar-refractivity contribution in [3.8, 4) is 34.3 Å². The van der Waals surface area contributed by atoms with E-state index in [-0.39, 0.29) is 45.7 Å². The number of non-ortho nitro benzene ring substituents is 1. The number of phenols is 2. The van der Waals surface area contributed by atoms with Crippen molar-refractivity contribution in [2.45, 2.75) is 19.8 Å². The van der Waals surface area contributed by atoms with Crippen molar-refractivity contribution in [2.75, 3.05) is 6.54 Å². The fraction of sp³-hybridized carbons (Fsp3) is 0.200. The third kappa shape index (κ3) is 4.66. The van der Waals surface area contributed by atoms with E-state index >= 15 is 0 Å². The molecule has 1 amide bonds. The Labute approximate surface area is 170 Å². The number of carbonyl (C=O) groups is 1. The number of aromatic nitrogens is 1. The fourth-order valence-corrected chi connectivity index (χ4v) is 2.65. The van der Waals surface area contributed by atoms with Crippen LogP contribution in [-0.2, 0) is 0 Å². The van der Waals surface area contributed by atoms with Gasteiger partial charge in [0.2, 0.25) is 0 Å². The SMILES string of the molecule is CCCCNC(=O)c1cc(-c2c(O)cc(O)cc2Oc2ccc([N+](=O)[O-])cc2)on1. The van der Waals surface area contributed by atoms with E-state index in [1.54, 1.807) is 0 Å². The average Bonchev–Trinajstić information content (AvgIpc) is 3.18. The van der Waals surface area contributed by atoms with E-state index in [0.717, 1.165) is 18.9 Å². The highest BCUT2D eigenvalue weighted by Crippen LogP contribution is 2.43. The lowest BCUT2D eigenvalue weighted by Crippen LogP contribution is -2.24. The van der Waals surface area contributed by atoms with Crippen LogP contribution in [0.4, 0.5) is 5.69 Å². The van der Waals surface area contributed by atoms with Gasteiger partial charge in [-0.1, -0.05) is 18.5 Å². The van der Waals surface area contributed by atoms with Crippen molar-refractivity contribution in [2.24, 2.45) is 0 Å². The summed E-state index contributed by atoms with van der Waals surface area (Å²) in [4.78, 5) is 22.4. The fourth-order valence-electron chi connectivity index (χ4n) is 2.65. The number of unbranched alkanes of at least 4 members (excludes halogenated alkanes) is 1. The molecule has 156 valence electrons. The van der Waals surface area contributed by atoms with Crippen LogP contribution in [0.3, 0.4) is 0 Å². The second-order valence-electron chi connectivity index (χ2n) is 6.38. The van der Waals surface area contributed by atoms with Crippen molar-refractivity contribution in [3.05, 3.63) is 58.3 Å². The number of nitrogens with one attached hydrogen (secondary N) is 1. The topological polar surface area (TPSA) is 148 Å². The first kappa shape index (κ1) is 20.6. The van der Waals surface area contributed by atoms with Crippen LogP contribution in [0.25, 0.3) is 11.3 Å². The number of phenolic OH excluding ortho intramolecular Hbond substituents is 2. The Morgan fingerprint density at radius 2 is 1.97 bits per heavy atom. The number of rotatable bonds is 8. The molecule has 30 heavy (non-hydrogen) atoms. The van der Waals surface area contributed by atoms with Gasteiger partial charge < -0.3 is 24.8 Å². The zero-order valence-electron chi connectivity index (χ0n) is 16.0. The molecule has 0 aliphatic heterocycles. The smallest absolute Gasteiger partial charge is 0.273 e. The van der Waals surface area contributed by atoms with Gasteiger partial charge in [0.15, 0.2) is 11.5 Å². The predicted molar refractivity (Wildman–Crippen MR) is 106 cm³/mol. The zero-order chi connectivity index (χ0) is 21.7. The number of benzene rings is 2. The summed E-state index contributed by atoms with van der Waals surface area (Å²) < 4.78 is 10.9. The molecule has 0 atom stereocenters. The van der Waals surface area contributed by atoms with Crippen molar-refractivity contribution < 1.29 is 29.2 Å². The molecule has 0 aliphatic carbocycles. The summed E-state index contributed by atoms with van der Waals surface area (Å²) >= 11 is 0. The Kier molecular flexibility index (Phi) is 6.16. The second kappa shape index (κ2) is 8.95. The highest BCUT2D eigenvalue weighted by atomic mass is 16.6. The normalized spacial score (nSPS) is 10.6. The van der Waals surface area contributed by atoms with E-state index in [9.17, 15) is 25.1 Å². The minimum atomic E-state index is -0.545. The summed E-state index contributed by atoms with van der Waals surface area (Å²) in [5.74, 6) is -0.773. The summed E-state index contributed by atoms with van der Waals surface area (Å²) in [7, 11) is 0. The Balaban J connectivity index is 1.90. The van der Waals surface area contributed by atoms with Crippen LogP contribution in [0.5, 0.6) is 23.0 Å². The van der Waals surface area contributed by atoms with Gasteiger partial charge in [-0.2, -0.15) is 0 Å². The molecule has 0 radical (unpaired) electrons. The molecular formula is C20H19N3O7.